The van der Waals surface area contributed by atoms with E-state index in [1.807, 2.05) is 67.6 Å². The number of pyridine rings is 1. The summed E-state index contributed by atoms with van der Waals surface area (Å²) in [5.74, 6) is -0.858. The molecule has 4 nitrogen and oxygen atoms in total. The summed E-state index contributed by atoms with van der Waals surface area (Å²) in [7, 11) is 0. The minimum absolute atomic E-state index is 0.223. The summed E-state index contributed by atoms with van der Waals surface area (Å²) >= 11 is 1.01. The number of hydrogen-bond donors (Lipinski definition) is 1. The third kappa shape index (κ3) is 5.75. The van der Waals surface area contributed by atoms with E-state index in [1.165, 1.54) is 18.2 Å². The van der Waals surface area contributed by atoms with Crippen LogP contribution in [0.3, 0.4) is 0 Å². The molecule has 0 spiro atoms. The monoisotopic (exact) mass is 503 g/mol. The molecule has 36 heavy (non-hydrogen) atoms. The molecule has 1 aromatic heterocycles. The zero-order chi connectivity index (χ0) is 25.7. The quantitative estimate of drug-likeness (QED) is 0.280. The number of aryl methyl sites for hydroxylation is 1. The molecule has 0 aliphatic carbocycles. The van der Waals surface area contributed by atoms with Gasteiger partial charge in [-0.25, -0.2) is 4.98 Å². The van der Waals surface area contributed by atoms with E-state index in [0.29, 0.717) is 21.8 Å². The van der Waals surface area contributed by atoms with Gasteiger partial charge in [-0.05, 0) is 30.7 Å². The van der Waals surface area contributed by atoms with Crippen LogP contribution in [0.2, 0.25) is 0 Å². The summed E-state index contributed by atoms with van der Waals surface area (Å²) in [5.41, 5.74) is 3.08. The fraction of sp³-hybridized carbons (Fsp3) is 0.107. The summed E-state index contributed by atoms with van der Waals surface area (Å²) in [6.45, 7) is 1.97. The number of thioether (sulfide) groups is 1. The van der Waals surface area contributed by atoms with Crippen LogP contribution >= 0.6 is 11.8 Å². The van der Waals surface area contributed by atoms with E-state index in [-0.39, 0.29) is 11.4 Å². The minimum atomic E-state index is -4.60. The average molecular weight is 504 g/mol. The Labute approximate surface area is 210 Å². The number of carbonyl (C=O) groups is 1. The lowest BCUT2D eigenvalue weighted by Gasteiger charge is -2.14. The Morgan fingerprint density at radius 3 is 2.31 bits per heavy atom. The van der Waals surface area contributed by atoms with Crippen molar-refractivity contribution >= 4 is 23.4 Å². The maximum absolute atomic E-state index is 13.3. The molecule has 1 N–H and O–H groups in total. The van der Waals surface area contributed by atoms with Gasteiger partial charge < -0.3 is 5.32 Å². The zero-order valence-electron chi connectivity index (χ0n) is 19.1. The highest BCUT2D eigenvalue weighted by atomic mass is 32.2. The van der Waals surface area contributed by atoms with Gasteiger partial charge in [-0.2, -0.15) is 18.4 Å². The topological polar surface area (TPSA) is 65.8 Å². The number of anilines is 1. The third-order valence-electron chi connectivity index (χ3n) is 5.38. The summed E-state index contributed by atoms with van der Waals surface area (Å²) in [6, 6.07) is 25.9. The first-order valence-corrected chi connectivity index (χ1v) is 11.9. The van der Waals surface area contributed by atoms with Gasteiger partial charge >= 0.3 is 6.18 Å². The molecular formula is C28H20F3N3OS. The van der Waals surface area contributed by atoms with Crippen LogP contribution in [0.4, 0.5) is 18.9 Å². The largest absolute Gasteiger partial charge is 0.418 e. The van der Waals surface area contributed by atoms with Crippen molar-refractivity contribution < 1.29 is 18.0 Å². The molecule has 0 saturated heterocycles. The molecule has 0 radical (unpaired) electrons. The maximum Gasteiger partial charge on any atom is 0.418 e. The fourth-order valence-electron chi connectivity index (χ4n) is 3.61. The van der Waals surface area contributed by atoms with Crippen molar-refractivity contribution in [3.05, 3.63) is 102 Å². The van der Waals surface area contributed by atoms with E-state index in [2.05, 4.69) is 16.4 Å². The first kappa shape index (κ1) is 25.0. The molecule has 4 rings (SSSR count). The molecule has 180 valence electrons. The first-order valence-electron chi connectivity index (χ1n) is 10.9. The van der Waals surface area contributed by atoms with Gasteiger partial charge in [0.15, 0.2) is 0 Å². The van der Waals surface area contributed by atoms with E-state index in [4.69, 9.17) is 0 Å². The number of halogens is 3. The van der Waals surface area contributed by atoms with E-state index >= 15 is 0 Å². The predicted molar refractivity (Wildman–Crippen MR) is 135 cm³/mol. The predicted octanol–water partition coefficient (Wildman–Crippen LogP) is 7.35. The molecule has 0 atom stereocenters. The lowest BCUT2D eigenvalue weighted by molar-refractivity contribution is -0.137. The number of benzene rings is 3. The van der Waals surface area contributed by atoms with Gasteiger partial charge in [-0.1, -0.05) is 84.1 Å². The normalized spacial score (nSPS) is 11.1. The van der Waals surface area contributed by atoms with Crippen molar-refractivity contribution in [3.8, 4) is 28.5 Å². The molecule has 4 aromatic rings. The molecule has 0 saturated carbocycles. The molecule has 0 aliphatic rings. The Morgan fingerprint density at radius 1 is 0.972 bits per heavy atom. The van der Waals surface area contributed by atoms with Crippen molar-refractivity contribution in [2.75, 3.05) is 11.1 Å². The molecule has 1 heterocycles. The second-order valence-corrected chi connectivity index (χ2v) is 8.92. The number of alkyl halides is 3. The standard InChI is InChI=1S/C28H20F3N3OS/c1-18-11-13-20(14-12-18)25-15-21(19-7-3-2-4-8-19)22(16-32)27(34-25)36-17-26(35)33-24-10-6-5-9-23(24)28(29,30)31/h2-15H,17H2,1H3,(H,33,35). The van der Waals surface area contributed by atoms with Gasteiger partial charge in [-0.15, -0.1) is 0 Å². The van der Waals surface area contributed by atoms with Crippen molar-refractivity contribution in [2.24, 2.45) is 0 Å². The van der Waals surface area contributed by atoms with Crippen LogP contribution in [0.15, 0.2) is 90.0 Å². The number of nitrogens with zero attached hydrogens (tertiary/aromatic N) is 2. The van der Waals surface area contributed by atoms with Crippen molar-refractivity contribution in [3.63, 3.8) is 0 Å². The molecule has 1 amide bonds. The summed E-state index contributed by atoms with van der Waals surface area (Å²) < 4.78 is 39.8. The Kier molecular flexibility index (Phi) is 7.41. The number of nitrogens with one attached hydrogen (secondary N) is 1. The first-order chi connectivity index (χ1) is 17.3. The van der Waals surface area contributed by atoms with Crippen LogP contribution in [-0.4, -0.2) is 16.6 Å². The van der Waals surface area contributed by atoms with Gasteiger partial charge in [0.2, 0.25) is 5.91 Å². The van der Waals surface area contributed by atoms with Crippen molar-refractivity contribution in [2.45, 2.75) is 18.1 Å². The smallest absolute Gasteiger partial charge is 0.325 e. The van der Waals surface area contributed by atoms with Crippen LogP contribution in [0.1, 0.15) is 16.7 Å². The Hall–Kier alpha value is -4.09. The number of carbonyl (C=O) groups excluding carboxylic acids is 1. The highest BCUT2D eigenvalue weighted by Gasteiger charge is 2.33. The molecule has 0 fully saturated rings. The van der Waals surface area contributed by atoms with Gasteiger partial charge in [0.05, 0.1) is 28.3 Å². The van der Waals surface area contributed by atoms with Crippen LogP contribution in [0.25, 0.3) is 22.4 Å². The second kappa shape index (κ2) is 10.7. The Morgan fingerprint density at radius 2 is 1.64 bits per heavy atom. The van der Waals surface area contributed by atoms with E-state index in [9.17, 15) is 23.2 Å². The lowest BCUT2D eigenvalue weighted by Crippen LogP contribution is -2.18. The highest BCUT2D eigenvalue weighted by molar-refractivity contribution is 8.00. The van der Waals surface area contributed by atoms with Gasteiger partial charge in [0.1, 0.15) is 11.1 Å². The number of para-hydroxylation sites is 1. The van der Waals surface area contributed by atoms with Gasteiger partial charge in [0, 0.05) is 11.1 Å². The minimum Gasteiger partial charge on any atom is -0.325 e. The highest BCUT2D eigenvalue weighted by Crippen LogP contribution is 2.36. The SMILES string of the molecule is Cc1ccc(-c2cc(-c3ccccc3)c(C#N)c(SCC(=O)Nc3ccccc3C(F)(F)F)n2)cc1. The van der Waals surface area contributed by atoms with Crippen molar-refractivity contribution in [1.29, 1.82) is 5.26 Å². The van der Waals surface area contributed by atoms with Crippen molar-refractivity contribution in [1.82, 2.24) is 4.98 Å². The maximum atomic E-state index is 13.3. The number of rotatable bonds is 6. The summed E-state index contributed by atoms with van der Waals surface area (Å²) in [5, 5.41) is 12.6. The molecule has 0 bridgehead atoms. The number of aromatic nitrogens is 1. The van der Waals surface area contributed by atoms with Crippen LogP contribution in [0.5, 0.6) is 0 Å². The third-order valence-corrected chi connectivity index (χ3v) is 6.35. The molecular weight excluding hydrogens is 483 g/mol. The molecule has 0 unspecified atom stereocenters. The number of hydrogen-bond acceptors (Lipinski definition) is 4. The Balaban J connectivity index is 1.67. The van der Waals surface area contributed by atoms with Gasteiger partial charge in [-0.3, -0.25) is 4.79 Å². The number of nitriles is 1. The number of amides is 1. The second-order valence-electron chi connectivity index (χ2n) is 7.96. The molecule has 3 aromatic carbocycles. The summed E-state index contributed by atoms with van der Waals surface area (Å²) in [4.78, 5) is 17.2. The average Bonchev–Trinajstić information content (AvgIpc) is 2.87. The fourth-order valence-corrected chi connectivity index (χ4v) is 4.41. The Bertz CT molecular complexity index is 1430. The zero-order valence-corrected chi connectivity index (χ0v) is 20.0. The van der Waals surface area contributed by atoms with E-state index in [0.717, 1.165) is 34.5 Å². The van der Waals surface area contributed by atoms with Crippen LogP contribution < -0.4 is 5.32 Å². The molecule has 8 heteroatoms. The van der Waals surface area contributed by atoms with Crippen LogP contribution in [-0.2, 0) is 11.0 Å². The summed E-state index contributed by atoms with van der Waals surface area (Å²) in [6.07, 6.45) is -4.60. The van der Waals surface area contributed by atoms with Gasteiger partial charge in [0.25, 0.3) is 0 Å². The lowest BCUT2D eigenvalue weighted by atomic mass is 9.99. The van der Waals surface area contributed by atoms with E-state index < -0.39 is 17.6 Å². The van der Waals surface area contributed by atoms with E-state index in [1.54, 1.807) is 0 Å². The van der Waals surface area contributed by atoms with Crippen LogP contribution in [0, 0.1) is 18.3 Å². The molecule has 0 aliphatic heterocycles.